The van der Waals surface area contributed by atoms with Gasteiger partial charge in [0.1, 0.15) is 5.78 Å². The average molecular weight is 306 g/mol. The Hall–Kier alpha value is -0.410. The van der Waals surface area contributed by atoms with Crippen LogP contribution in [0.4, 0.5) is 0 Å². The van der Waals surface area contributed by atoms with Crippen LogP contribution in [-0.2, 0) is 9.68 Å². The van der Waals surface area contributed by atoms with Crippen LogP contribution >= 0.6 is 0 Å². The predicted octanol–water partition coefficient (Wildman–Crippen LogP) is 4.46. The maximum atomic E-state index is 12.4. The van der Waals surface area contributed by atoms with Gasteiger partial charge in [0.25, 0.3) is 0 Å². The quantitative estimate of drug-likeness (QED) is 0.575. The van der Waals surface area contributed by atoms with Gasteiger partial charge in [0.2, 0.25) is 0 Å². The van der Waals surface area contributed by atoms with Gasteiger partial charge < -0.3 is 0 Å². The van der Waals surface area contributed by atoms with Crippen molar-refractivity contribution in [3.63, 3.8) is 0 Å². The molecule has 4 aliphatic carbocycles. The molecule has 1 N–H and O–H groups in total. The van der Waals surface area contributed by atoms with E-state index in [1.165, 1.54) is 25.7 Å². The number of fused-ring (bicyclic) bond motifs is 5. The van der Waals surface area contributed by atoms with Crippen LogP contribution in [0.3, 0.4) is 0 Å². The van der Waals surface area contributed by atoms with Crippen LogP contribution in [0.1, 0.15) is 71.6 Å². The van der Waals surface area contributed by atoms with Crippen molar-refractivity contribution < 1.29 is 14.9 Å². The van der Waals surface area contributed by atoms with Gasteiger partial charge in [-0.25, -0.2) is 4.89 Å². The Morgan fingerprint density at radius 2 is 1.86 bits per heavy atom. The Morgan fingerprint density at radius 1 is 1.05 bits per heavy atom. The molecule has 4 aliphatic rings. The standard InChI is InChI=1S/C19H30O3/c1-18-9-7-13(22-21)11-12(18)3-4-14-15-5-6-17(20)19(15,2)10-8-16(14)18/h12-16,21H,3-11H2,1-2H3/t12?,13-,14-,15-,16-,18-,19-/m0/s1. The first-order chi connectivity index (χ1) is 10.5. The second-order valence-corrected chi connectivity index (χ2v) is 9.08. The minimum Gasteiger partial charge on any atom is -0.299 e. The zero-order valence-corrected chi connectivity index (χ0v) is 14.0. The van der Waals surface area contributed by atoms with E-state index in [9.17, 15) is 4.79 Å². The second kappa shape index (κ2) is 5.04. The summed E-state index contributed by atoms with van der Waals surface area (Å²) in [6, 6.07) is 0. The van der Waals surface area contributed by atoms with Gasteiger partial charge in [0.15, 0.2) is 0 Å². The highest BCUT2D eigenvalue weighted by atomic mass is 17.1. The number of hydrogen-bond donors (Lipinski definition) is 1. The fourth-order valence-corrected chi connectivity index (χ4v) is 7.09. The lowest BCUT2D eigenvalue weighted by atomic mass is 9.45. The number of carbonyl (C=O) groups is 1. The van der Waals surface area contributed by atoms with E-state index in [-0.39, 0.29) is 11.5 Å². The molecule has 4 fully saturated rings. The van der Waals surface area contributed by atoms with Crippen LogP contribution in [-0.4, -0.2) is 17.1 Å². The summed E-state index contributed by atoms with van der Waals surface area (Å²) in [6.45, 7) is 4.76. The van der Waals surface area contributed by atoms with Crippen molar-refractivity contribution in [2.45, 2.75) is 77.7 Å². The Labute approximate surface area is 133 Å². The molecule has 0 heterocycles. The van der Waals surface area contributed by atoms with Gasteiger partial charge in [-0.2, -0.15) is 0 Å². The van der Waals surface area contributed by atoms with Gasteiger partial charge in [-0.3, -0.25) is 10.1 Å². The fourth-order valence-electron chi connectivity index (χ4n) is 7.09. The topological polar surface area (TPSA) is 46.5 Å². The smallest absolute Gasteiger partial charge is 0.139 e. The maximum Gasteiger partial charge on any atom is 0.139 e. The molecule has 4 saturated carbocycles. The number of ketones is 1. The molecule has 0 aromatic rings. The average Bonchev–Trinajstić information content (AvgIpc) is 2.82. The molecule has 7 atom stereocenters. The number of hydrogen-bond acceptors (Lipinski definition) is 3. The molecule has 0 spiro atoms. The van der Waals surface area contributed by atoms with Crippen molar-refractivity contribution >= 4 is 5.78 Å². The Kier molecular flexibility index (Phi) is 3.47. The molecule has 0 radical (unpaired) electrons. The van der Waals surface area contributed by atoms with Gasteiger partial charge in [-0.05, 0) is 80.5 Å². The highest BCUT2D eigenvalue weighted by molar-refractivity contribution is 5.87. The third-order valence-corrected chi connectivity index (χ3v) is 8.48. The van der Waals surface area contributed by atoms with E-state index in [1.807, 2.05) is 0 Å². The molecular weight excluding hydrogens is 276 g/mol. The van der Waals surface area contributed by atoms with E-state index in [4.69, 9.17) is 5.26 Å². The molecule has 124 valence electrons. The van der Waals surface area contributed by atoms with E-state index in [2.05, 4.69) is 18.7 Å². The van der Waals surface area contributed by atoms with Crippen LogP contribution in [0, 0.1) is 34.5 Å². The lowest BCUT2D eigenvalue weighted by Gasteiger charge is -2.60. The first kappa shape index (κ1) is 15.1. The van der Waals surface area contributed by atoms with Crippen LogP contribution in [0.25, 0.3) is 0 Å². The Bertz CT molecular complexity index is 475. The van der Waals surface area contributed by atoms with Crippen molar-refractivity contribution in [1.29, 1.82) is 0 Å². The summed E-state index contributed by atoms with van der Waals surface area (Å²) < 4.78 is 0. The first-order valence-electron chi connectivity index (χ1n) is 9.32. The van der Waals surface area contributed by atoms with E-state index < -0.39 is 0 Å². The van der Waals surface area contributed by atoms with Gasteiger partial charge in [0.05, 0.1) is 6.10 Å². The predicted molar refractivity (Wildman–Crippen MR) is 84.2 cm³/mol. The molecule has 3 heteroatoms. The summed E-state index contributed by atoms with van der Waals surface area (Å²) in [5.41, 5.74) is 0.403. The lowest BCUT2D eigenvalue weighted by molar-refractivity contribution is -0.295. The molecule has 4 rings (SSSR count). The van der Waals surface area contributed by atoms with E-state index in [0.29, 0.717) is 23.0 Å². The lowest BCUT2D eigenvalue weighted by Crippen LogP contribution is -2.54. The van der Waals surface area contributed by atoms with Crippen molar-refractivity contribution in [3.05, 3.63) is 0 Å². The Morgan fingerprint density at radius 3 is 2.64 bits per heavy atom. The molecular formula is C19H30O3. The molecule has 22 heavy (non-hydrogen) atoms. The SMILES string of the molecule is C[C@]12CC[C@H](OO)CC1CC[C@@H]1[C@@H]2CC[C@]2(C)C(=O)CC[C@@H]12. The summed E-state index contributed by atoms with van der Waals surface area (Å²) in [5, 5.41) is 9.05. The van der Waals surface area contributed by atoms with E-state index in [0.717, 1.165) is 43.9 Å². The van der Waals surface area contributed by atoms with Crippen molar-refractivity contribution in [3.8, 4) is 0 Å². The zero-order valence-electron chi connectivity index (χ0n) is 14.0. The van der Waals surface area contributed by atoms with Gasteiger partial charge in [-0.1, -0.05) is 13.8 Å². The normalized spacial score (nSPS) is 54.5. The summed E-state index contributed by atoms with van der Waals surface area (Å²) in [5.74, 6) is 3.43. The van der Waals surface area contributed by atoms with E-state index >= 15 is 0 Å². The molecule has 0 bridgehead atoms. The minimum atomic E-state index is -0.00419. The van der Waals surface area contributed by atoms with Crippen molar-refractivity contribution in [2.75, 3.05) is 0 Å². The molecule has 0 aliphatic heterocycles. The van der Waals surface area contributed by atoms with Crippen molar-refractivity contribution in [2.24, 2.45) is 34.5 Å². The van der Waals surface area contributed by atoms with Crippen LogP contribution < -0.4 is 0 Å². The molecule has 3 nitrogen and oxygen atoms in total. The molecule has 0 aromatic heterocycles. The minimum absolute atomic E-state index is 0.00419. The monoisotopic (exact) mass is 306 g/mol. The molecule has 0 aromatic carbocycles. The maximum absolute atomic E-state index is 12.4. The van der Waals surface area contributed by atoms with Gasteiger partial charge in [-0.15, -0.1) is 0 Å². The van der Waals surface area contributed by atoms with E-state index in [1.54, 1.807) is 0 Å². The van der Waals surface area contributed by atoms with Crippen LogP contribution in [0.5, 0.6) is 0 Å². The Balaban J connectivity index is 1.60. The number of carbonyl (C=O) groups excluding carboxylic acids is 1. The number of rotatable bonds is 1. The summed E-state index contributed by atoms with van der Waals surface area (Å²) in [7, 11) is 0. The highest BCUT2D eigenvalue weighted by Crippen LogP contribution is 2.65. The van der Waals surface area contributed by atoms with Crippen molar-refractivity contribution in [1.82, 2.24) is 0 Å². The summed E-state index contributed by atoms with van der Waals surface area (Å²) >= 11 is 0. The number of Topliss-reactive ketones (excluding diaryl/α,β-unsaturated/α-hetero) is 1. The highest BCUT2D eigenvalue weighted by Gasteiger charge is 2.60. The largest absolute Gasteiger partial charge is 0.299 e. The fraction of sp³-hybridized carbons (Fsp3) is 0.947. The van der Waals surface area contributed by atoms with Crippen LogP contribution in [0.2, 0.25) is 0 Å². The molecule has 1 unspecified atom stereocenters. The summed E-state index contributed by atoms with van der Waals surface area (Å²) in [6.07, 6.45) is 10.1. The third kappa shape index (κ3) is 1.91. The van der Waals surface area contributed by atoms with Gasteiger partial charge in [0, 0.05) is 11.8 Å². The first-order valence-corrected chi connectivity index (χ1v) is 9.32. The zero-order chi connectivity index (χ0) is 15.5. The molecule has 0 saturated heterocycles. The van der Waals surface area contributed by atoms with Gasteiger partial charge >= 0.3 is 0 Å². The van der Waals surface area contributed by atoms with Crippen LogP contribution in [0.15, 0.2) is 0 Å². The molecule has 0 amide bonds. The second-order valence-electron chi connectivity index (χ2n) is 9.08. The summed E-state index contributed by atoms with van der Waals surface area (Å²) in [4.78, 5) is 17.1. The third-order valence-electron chi connectivity index (χ3n) is 8.48.